The summed E-state index contributed by atoms with van der Waals surface area (Å²) >= 11 is -0.402. The number of carbonyl (C=O) groups is 2. The summed E-state index contributed by atoms with van der Waals surface area (Å²) in [5.74, 6) is 0.0351. The van der Waals surface area contributed by atoms with Crippen molar-refractivity contribution in [3.8, 4) is 18.3 Å². The van der Waals surface area contributed by atoms with Crippen molar-refractivity contribution in [2.75, 3.05) is 0 Å². The van der Waals surface area contributed by atoms with Gasteiger partial charge in [-0.25, -0.2) is 0 Å². The van der Waals surface area contributed by atoms with Gasteiger partial charge in [0.2, 0.25) is 0 Å². The van der Waals surface area contributed by atoms with Crippen LogP contribution in [0.4, 0.5) is 0 Å². The number of para-hydroxylation sites is 4. The summed E-state index contributed by atoms with van der Waals surface area (Å²) in [6.45, 7) is 0. The van der Waals surface area contributed by atoms with Gasteiger partial charge >= 0.3 is 322 Å². The van der Waals surface area contributed by atoms with Gasteiger partial charge in [0.25, 0.3) is 0 Å². The van der Waals surface area contributed by atoms with Crippen LogP contribution >= 0.6 is 0 Å². The number of aromatic nitrogens is 2. The van der Waals surface area contributed by atoms with E-state index < -0.39 is 0 Å². The Balaban J connectivity index is 0.000000138. The van der Waals surface area contributed by atoms with Crippen molar-refractivity contribution in [1.82, 2.24) is 9.13 Å². The fourth-order valence-corrected chi connectivity index (χ4v) is 11.2. The molecule has 4 aromatic heterocycles. The van der Waals surface area contributed by atoms with Crippen molar-refractivity contribution in [1.29, 1.82) is 0 Å². The van der Waals surface area contributed by atoms with Crippen molar-refractivity contribution in [3.63, 3.8) is 0 Å². The fourth-order valence-electron chi connectivity index (χ4n) is 6.98. The molecule has 10 rings (SSSR count). The van der Waals surface area contributed by atoms with Crippen LogP contribution in [0.3, 0.4) is 0 Å². The monoisotopic (exact) mass is 902 g/mol. The Morgan fingerprint density at radius 2 is 0.654 bits per heavy atom. The van der Waals surface area contributed by atoms with Crippen LogP contribution in [0.25, 0.3) is 61.9 Å². The molecule has 0 saturated heterocycles. The minimum absolute atomic E-state index is 0.0175. The normalized spacial score (nSPS) is 11.2. The Hall–Kier alpha value is -5.20. The van der Waals surface area contributed by atoms with Crippen LogP contribution in [0.1, 0.15) is 20.7 Å². The van der Waals surface area contributed by atoms with Crippen LogP contribution in [0, 0.1) is 0 Å². The van der Waals surface area contributed by atoms with Crippen LogP contribution in [0.5, 0.6) is 0 Å². The molecule has 0 aliphatic rings. The molecule has 0 spiro atoms. The number of nitrogens with zero attached hydrogens (tertiary/aromatic N) is 2. The number of carbonyl (C=O) groups excluding carboxylic acids is 2. The summed E-state index contributed by atoms with van der Waals surface area (Å²) in [4.78, 5) is 26.6. The second kappa shape index (κ2) is 14.1. The third kappa shape index (κ3) is 5.89. The van der Waals surface area contributed by atoms with Gasteiger partial charge in [-0.2, -0.15) is 0 Å². The molecule has 4 heterocycles. The van der Waals surface area contributed by atoms with Gasteiger partial charge in [0.15, 0.2) is 0 Å². The Kier molecular flexibility index (Phi) is 8.85. The molecular weight excluding hydrogens is 868 g/mol. The third-order valence-corrected chi connectivity index (χ3v) is 14.7. The van der Waals surface area contributed by atoms with Crippen molar-refractivity contribution in [2.24, 2.45) is 0 Å². The molecular formula is C46H30N2O2Te2. The number of hydrogen-bond acceptors (Lipinski definition) is 2. The molecule has 10 aromatic rings. The van der Waals surface area contributed by atoms with Gasteiger partial charge in [0, 0.05) is 0 Å². The number of rotatable bonds is 4. The molecule has 0 radical (unpaired) electrons. The van der Waals surface area contributed by atoms with E-state index in [1.165, 1.54) is 18.3 Å². The first kappa shape index (κ1) is 32.7. The standard InChI is InChI=1S/2C23H15NOTe/c2*25-23(17-13-11-16(12-14-17)22-10-5-15-26-22)24-20-8-3-1-6-18(20)19-7-2-4-9-21(19)24/h2*1-15H. The van der Waals surface area contributed by atoms with Gasteiger partial charge in [-0.3, -0.25) is 0 Å². The van der Waals surface area contributed by atoms with Crippen LogP contribution < -0.4 is 0 Å². The summed E-state index contributed by atoms with van der Waals surface area (Å²) in [5, 5.41) is 4.45. The number of fused-ring (bicyclic) bond motifs is 6. The van der Waals surface area contributed by atoms with E-state index in [1.807, 2.05) is 106 Å². The van der Waals surface area contributed by atoms with Crippen molar-refractivity contribution in [2.45, 2.75) is 0 Å². The van der Waals surface area contributed by atoms with Gasteiger partial charge < -0.3 is 0 Å². The molecule has 0 fully saturated rings. The van der Waals surface area contributed by atoms with Gasteiger partial charge in [-0.1, -0.05) is 0 Å². The maximum atomic E-state index is 13.3. The molecule has 0 N–H and O–H groups in total. The first-order chi connectivity index (χ1) is 25.7. The van der Waals surface area contributed by atoms with Gasteiger partial charge in [0.05, 0.1) is 0 Å². The van der Waals surface area contributed by atoms with E-state index in [4.69, 9.17) is 0 Å². The van der Waals surface area contributed by atoms with Crippen LogP contribution in [0.2, 0.25) is 0 Å². The summed E-state index contributed by atoms with van der Waals surface area (Å²) in [5.41, 5.74) is 7.72. The summed E-state index contributed by atoms with van der Waals surface area (Å²) in [6, 6.07) is 57.1. The Labute approximate surface area is 320 Å². The molecule has 6 heteroatoms. The third-order valence-electron chi connectivity index (χ3n) is 9.44. The van der Waals surface area contributed by atoms with Crippen LogP contribution in [-0.2, 0) is 0 Å². The summed E-state index contributed by atoms with van der Waals surface area (Å²) in [6.07, 6.45) is 0. The SMILES string of the molecule is O=C(c1ccc(-c2ccc[te]2)cc1)n1c2ccccc2c2ccccc21.O=C(c1ccc(-c2ccc[te]2)cc1)n1c2ccccc2c2ccccc21. The molecule has 6 aromatic carbocycles. The second-order valence-electron chi connectivity index (χ2n) is 12.5. The zero-order valence-corrected chi connectivity index (χ0v) is 32.5. The van der Waals surface area contributed by atoms with Crippen LogP contribution in [0.15, 0.2) is 178 Å². The first-order valence-corrected chi connectivity index (χ1v) is 22.0. The average Bonchev–Trinajstić information content (AvgIpc) is 4.04. The molecule has 248 valence electrons. The van der Waals surface area contributed by atoms with Gasteiger partial charge in [0.1, 0.15) is 0 Å². The van der Waals surface area contributed by atoms with E-state index in [2.05, 4.69) is 81.0 Å². The van der Waals surface area contributed by atoms with E-state index in [0.29, 0.717) is 11.1 Å². The molecule has 0 bridgehead atoms. The van der Waals surface area contributed by atoms with E-state index in [1.54, 1.807) is 0 Å². The molecule has 52 heavy (non-hydrogen) atoms. The average molecular weight is 898 g/mol. The molecule has 0 saturated carbocycles. The molecule has 0 aliphatic carbocycles. The van der Waals surface area contributed by atoms with Crippen LogP contribution in [-0.4, -0.2) is 61.8 Å². The Morgan fingerprint density at radius 1 is 0.346 bits per heavy atom. The predicted octanol–water partition coefficient (Wildman–Crippen LogP) is 10.4. The summed E-state index contributed by atoms with van der Waals surface area (Å²) in [7, 11) is 0. The number of hydrogen-bond donors (Lipinski definition) is 0. The zero-order valence-electron chi connectivity index (χ0n) is 27.8. The maximum absolute atomic E-state index is 13.3. The van der Waals surface area contributed by atoms with E-state index in [9.17, 15) is 9.59 Å². The minimum atomic E-state index is -0.201. The van der Waals surface area contributed by atoms with E-state index >= 15 is 0 Å². The predicted molar refractivity (Wildman–Crippen MR) is 216 cm³/mol. The zero-order chi connectivity index (χ0) is 35.0. The van der Waals surface area contributed by atoms with Crippen molar-refractivity contribution >= 4 is 96.3 Å². The molecule has 0 unspecified atom stereocenters. The number of benzene rings is 6. The second-order valence-corrected chi connectivity index (χ2v) is 17.9. The first-order valence-electron chi connectivity index (χ1n) is 17.0. The van der Waals surface area contributed by atoms with Crippen molar-refractivity contribution < 1.29 is 9.59 Å². The topological polar surface area (TPSA) is 44.0 Å². The van der Waals surface area contributed by atoms with Gasteiger partial charge in [-0.05, 0) is 0 Å². The molecule has 4 nitrogen and oxygen atoms in total. The summed E-state index contributed by atoms with van der Waals surface area (Å²) < 4.78 is 11.1. The fraction of sp³-hybridized carbons (Fsp3) is 0. The molecule has 0 amide bonds. The Morgan fingerprint density at radius 3 is 0.942 bits per heavy atom. The van der Waals surface area contributed by atoms with Gasteiger partial charge in [-0.15, -0.1) is 0 Å². The Bertz CT molecular complexity index is 2550. The van der Waals surface area contributed by atoms with E-state index in [0.717, 1.165) is 43.6 Å². The van der Waals surface area contributed by atoms with Crippen molar-refractivity contribution in [3.05, 3.63) is 189 Å². The van der Waals surface area contributed by atoms with E-state index in [-0.39, 0.29) is 52.7 Å². The quantitative estimate of drug-likeness (QED) is 0.165. The molecule has 0 aliphatic heterocycles. The molecule has 0 atom stereocenters.